The molecule has 4 nitrogen and oxygen atoms in total. The Bertz CT molecular complexity index is 774. The molecule has 3 rings (SSSR count). The van der Waals surface area contributed by atoms with Crippen molar-refractivity contribution in [2.24, 2.45) is 11.8 Å². The van der Waals surface area contributed by atoms with Gasteiger partial charge in [0.25, 0.3) is 0 Å². The SMILES string of the molecule is CC(C)(C)S(=O)(=O)CC1CCC(CCc2ccc(N3CCC(=O)CC3)cc2)CC1. The van der Waals surface area contributed by atoms with Crippen molar-refractivity contribution < 1.29 is 13.2 Å². The van der Waals surface area contributed by atoms with E-state index in [1.807, 2.05) is 20.8 Å². The van der Waals surface area contributed by atoms with Gasteiger partial charge in [0.05, 0.1) is 10.5 Å². The van der Waals surface area contributed by atoms with Crippen molar-refractivity contribution in [1.82, 2.24) is 0 Å². The second-order valence-corrected chi connectivity index (χ2v) is 12.8. The first kappa shape index (κ1) is 22.3. The number of Topliss-reactive ketones (excluding diaryl/α,β-unsaturated/α-hetero) is 1. The molecule has 162 valence electrons. The molecule has 2 aliphatic rings. The van der Waals surface area contributed by atoms with Gasteiger partial charge in [-0.05, 0) is 76.0 Å². The maximum atomic E-state index is 12.5. The summed E-state index contributed by atoms with van der Waals surface area (Å²) in [4.78, 5) is 13.7. The Morgan fingerprint density at radius 3 is 2.03 bits per heavy atom. The van der Waals surface area contributed by atoms with Gasteiger partial charge >= 0.3 is 0 Å². The van der Waals surface area contributed by atoms with Gasteiger partial charge in [-0.3, -0.25) is 4.79 Å². The number of aryl methyl sites for hydroxylation is 1. The molecule has 0 spiro atoms. The largest absolute Gasteiger partial charge is 0.371 e. The Balaban J connectivity index is 1.42. The molecule has 0 amide bonds. The van der Waals surface area contributed by atoms with E-state index in [0.29, 0.717) is 30.3 Å². The summed E-state index contributed by atoms with van der Waals surface area (Å²) in [6, 6.07) is 8.85. The Morgan fingerprint density at radius 1 is 0.931 bits per heavy atom. The number of carbonyl (C=O) groups excluding carboxylic acids is 1. The molecule has 0 bridgehead atoms. The van der Waals surface area contributed by atoms with E-state index in [1.165, 1.54) is 17.7 Å². The lowest BCUT2D eigenvalue weighted by atomic mass is 9.80. The average molecular weight is 420 g/mol. The molecule has 1 heterocycles. The van der Waals surface area contributed by atoms with Crippen molar-refractivity contribution in [2.75, 3.05) is 23.7 Å². The van der Waals surface area contributed by atoms with Crippen LogP contribution in [-0.2, 0) is 21.1 Å². The minimum Gasteiger partial charge on any atom is -0.371 e. The molecule has 2 fully saturated rings. The molecular formula is C24H37NO3S. The van der Waals surface area contributed by atoms with Gasteiger partial charge in [-0.2, -0.15) is 0 Å². The van der Waals surface area contributed by atoms with Crippen LogP contribution in [0.25, 0.3) is 0 Å². The number of nitrogens with zero attached hydrogens (tertiary/aromatic N) is 1. The third-order valence-corrected chi connectivity index (χ3v) is 9.59. The first-order chi connectivity index (χ1) is 13.6. The quantitative estimate of drug-likeness (QED) is 0.664. The van der Waals surface area contributed by atoms with Crippen molar-refractivity contribution in [3.63, 3.8) is 0 Å². The molecular weight excluding hydrogens is 382 g/mol. The van der Waals surface area contributed by atoms with Crippen LogP contribution >= 0.6 is 0 Å². The zero-order valence-corrected chi connectivity index (χ0v) is 19.1. The number of hydrogen-bond donors (Lipinski definition) is 0. The second-order valence-electron chi connectivity index (χ2n) is 10.0. The van der Waals surface area contributed by atoms with E-state index in [4.69, 9.17) is 0 Å². The number of anilines is 1. The molecule has 1 saturated carbocycles. The van der Waals surface area contributed by atoms with Crippen LogP contribution < -0.4 is 4.90 Å². The number of rotatable bonds is 6. The lowest BCUT2D eigenvalue weighted by Crippen LogP contribution is -2.34. The van der Waals surface area contributed by atoms with Gasteiger partial charge in [0.2, 0.25) is 0 Å². The molecule has 0 atom stereocenters. The Labute approximate surface area is 177 Å². The van der Waals surface area contributed by atoms with Crippen LogP contribution in [0.1, 0.15) is 71.3 Å². The number of hydrogen-bond acceptors (Lipinski definition) is 4. The summed E-state index contributed by atoms with van der Waals surface area (Å²) < 4.78 is 24.3. The molecule has 0 radical (unpaired) electrons. The second kappa shape index (κ2) is 9.20. The number of ketones is 1. The lowest BCUT2D eigenvalue weighted by molar-refractivity contribution is -0.119. The number of piperidine rings is 1. The van der Waals surface area contributed by atoms with Crippen LogP contribution in [-0.4, -0.2) is 37.8 Å². The van der Waals surface area contributed by atoms with Gasteiger partial charge in [0.1, 0.15) is 5.78 Å². The molecule has 0 unspecified atom stereocenters. The van der Waals surface area contributed by atoms with E-state index >= 15 is 0 Å². The molecule has 1 saturated heterocycles. The van der Waals surface area contributed by atoms with Crippen LogP contribution in [0.4, 0.5) is 5.69 Å². The molecule has 1 aromatic rings. The number of sulfone groups is 1. The zero-order valence-electron chi connectivity index (χ0n) is 18.3. The molecule has 5 heteroatoms. The number of benzene rings is 1. The maximum Gasteiger partial charge on any atom is 0.155 e. The first-order valence-electron chi connectivity index (χ1n) is 11.2. The Hall–Kier alpha value is -1.36. The van der Waals surface area contributed by atoms with Crippen molar-refractivity contribution >= 4 is 21.3 Å². The molecule has 0 N–H and O–H groups in total. The predicted octanol–water partition coefficient (Wildman–Crippen LogP) is 4.81. The Morgan fingerprint density at radius 2 is 1.48 bits per heavy atom. The van der Waals surface area contributed by atoms with Gasteiger partial charge in [-0.15, -0.1) is 0 Å². The third-order valence-electron chi connectivity index (χ3n) is 6.82. The van der Waals surface area contributed by atoms with Crippen LogP contribution in [0, 0.1) is 11.8 Å². The highest BCUT2D eigenvalue weighted by atomic mass is 32.2. The fraction of sp³-hybridized carbons (Fsp3) is 0.708. The summed E-state index contributed by atoms with van der Waals surface area (Å²) in [5.41, 5.74) is 2.60. The fourth-order valence-electron chi connectivity index (χ4n) is 4.51. The summed E-state index contributed by atoms with van der Waals surface area (Å²) in [5, 5.41) is 0. The molecule has 1 aromatic carbocycles. The minimum atomic E-state index is -3.01. The monoisotopic (exact) mass is 419 g/mol. The normalized spacial score (nSPS) is 24.0. The summed E-state index contributed by atoms with van der Waals surface area (Å²) in [6.45, 7) is 7.11. The highest BCUT2D eigenvalue weighted by Gasteiger charge is 2.33. The highest BCUT2D eigenvalue weighted by Crippen LogP contribution is 2.34. The summed E-state index contributed by atoms with van der Waals surface area (Å²) >= 11 is 0. The Kier molecular flexibility index (Phi) is 7.08. The molecule has 1 aliphatic heterocycles. The average Bonchev–Trinajstić information content (AvgIpc) is 2.67. The minimum absolute atomic E-state index is 0.339. The van der Waals surface area contributed by atoms with Crippen molar-refractivity contribution in [1.29, 1.82) is 0 Å². The maximum absolute atomic E-state index is 12.5. The lowest BCUT2D eigenvalue weighted by Gasteiger charge is -2.30. The first-order valence-corrected chi connectivity index (χ1v) is 12.9. The van der Waals surface area contributed by atoms with E-state index in [0.717, 1.165) is 51.1 Å². The van der Waals surface area contributed by atoms with Gasteiger partial charge in [0, 0.05) is 31.6 Å². The highest BCUT2D eigenvalue weighted by molar-refractivity contribution is 7.92. The van der Waals surface area contributed by atoms with E-state index < -0.39 is 14.6 Å². The molecule has 29 heavy (non-hydrogen) atoms. The summed E-state index contributed by atoms with van der Waals surface area (Å²) in [5.74, 6) is 1.79. The van der Waals surface area contributed by atoms with Gasteiger partial charge < -0.3 is 4.90 Å². The smallest absolute Gasteiger partial charge is 0.155 e. The predicted molar refractivity (Wildman–Crippen MR) is 120 cm³/mol. The van der Waals surface area contributed by atoms with Crippen molar-refractivity contribution in [3.05, 3.63) is 29.8 Å². The van der Waals surface area contributed by atoms with Gasteiger partial charge in [0.15, 0.2) is 9.84 Å². The van der Waals surface area contributed by atoms with Gasteiger partial charge in [-0.1, -0.05) is 25.0 Å². The standard InChI is InChI=1S/C24H37NO3S/c1-24(2,3)29(27,28)18-21-8-6-19(7-9-21)4-5-20-10-12-22(13-11-20)25-16-14-23(26)15-17-25/h10-13,19,21H,4-9,14-18H2,1-3H3. The molecule has 0 aromatic heterocycles. The van der Waals surface area contributed by atoms with Crippen LogP contribution in [0.5, 0.6) is 0 Å². The van der Waals surface area contributed by atoms with Crippen molar-refractivity contribution in [3.8, 4) is 0 Å². The van der Waals surface area contributed by atoms with Gasteiger partial charge in [-0.25, -0.2) is 8.42 Å². The van der Waals surface area contributed by atoms with E-state index in [2.05, 4.69) is 29.2 Å². The fourth-order valence-corrected chi connectivity index (χ4v) is 5.96. The van der Waals surface area contributed by atoms with E-state index in [-0.39, 0.29) is 0 Å². The number of carbonyl (C=O) groups is 1. The van der Waals surface area contributed by atoms with E-state index in [1.54, 1.807) is 0 Å². The molecule has 1 aliphatic carbocycles. The van der Waals surface area contributed by atoms with Crippen molar-refractivity contribution in [2.45, 2.75) is 76.9 Å². The van der Waals surface area contributed by atoms with Crippen LogP contribution in [0.2, 0.25) is 0 Å². The topological polar surface area (TPSA) is 54.5 Å². The summed E-state index contributed by atoms with van der Waals surface area (Å²) in [6.07, 6.45) is 8.03. The van der Waals surface area contributed by atoms with Crippen LogP contribution in [0.3, 0.4) is 0 Å². The van der Waals surface area contributed by atoms with Crippen LogP contribution in [0.15, 0.2) is 24.3 Å². The third kappa shape index (κ3) is 6.07. The summed E-state index contributed by atoms with van der Waals surface area (Å²) in [7, 11) is -3.01. The van der Waals surface area contributed by atoms with E-state index in [9.17, 15) is 13.2 Å². The zero-order chi connectivity index (χ0) is 21.1.